The molecule has 0 saturated heterocycles. The summed E-state index contributed by atoms with van der Waals surface area (Å²) in [6.07, 6.45) is 21.6. The van der Waals surface area contributed by atoms with Crippen LogP contribution in [0.5, 0.6) is 0 Å². The number of allylic oxidation sites excluding steroid dienone is 8. The average molecular weight is 433 g/mol. The Balaban J connectivity index is 0.00000125. The van der Waals surface area contributed by atoms with Gasteiger partial charge in [-0.05, 0) is 77.9 Å². The van der Waals surface area contributed by atoms with Crippen molar-refractivity contribution in [2.75, 3.05) is 0 Å². The lowest BCUT2D eigenvalue weighted by atomic mass is 9.75. The SMILES string of the molecule is CC.CCCCC(C)c1ccc(CC2=CCC=C3C=CC(=O)C(C4CCCC4)C3=C2)cc1.[HH]. The van der Waals surface area contributed by atoms with Gasteiger partial charge in [0.15, 0.2) is 5.78 Å². The molecule has 2 atom stereocenters. The van der Waals surface area contributed by atoms with Crippen molar-refractivity contribution in [3.8, 4) is 0 Å². The number of carbonyl (C=O) groups is 1. The summed E-state index contributed by atoms with van der Waals surface area (Å²) < 4.78 is 0. The van der Waals surface area contributed by atoms with E-state index in [1.807, 2.05) is 26.0 Å². The Morgan fingerprint density at radius 3 is 2.44 bits per heavy atom. The summed E-state index contributed by atoms with van der Waals surface area (Å²) in [5, 5.41) is 0. The lowest BCUT2D eigenvalue weighted by molar-refractivity contribution is -0.118. The van der Waals surface area contributed by atoms with Crippen LogP contribution in [0.4, 0.5) is 0 Å². The molecule has 0 aromatic heterocycles. The molecule has 1 saturated carbocycles. The molecule has 2 unspecified atom stereocenters. The fraction of sp³-hybridized carbons (Fsp3) is 0.516. The highest BCUT2D eigenvalue weighted by molar-refractivity contribution is 5.97. The van der Waals surface area contributed by atoms with E-state index < -0.39 is 0 Å². The van der Waals surface area contributed by atoms with Crippen molar-refractivity contribution < 1.29 is 6.22 Å². The van der Waals surface area contributed by atoms with Gasteiger partial charge in [-0.15, -0.1) is 0 Å². The predicted octanol–water partition coefficient (Wildman–Crippen LogP) is 8.92. The van der Waals surface area contributed by atoms with E-state index in [0.717, 1.165) is 12.8 Å². The molecule has 0 radical (unpaired) electrons. The topological polar surface area (TPSA) is 17.1 Å². The molecule has 4 rings (SSSR count). The zero-order valence-corrected chi connectivity index (χ0v) is 20.7. The van der Waals surface area contributed by atoms with Crippen molar-refractivity contribution in [3.63, 3.8) is 0 Å². The number of carbonyl (C=O) groups excluding carboxylic acids is 1. The van der Waals surface area contributed by atoms with Crippen LogP contribution in [0.25, 0.3) is 0 Å². The third-order valence-corrected chi connectivity index (χ3v) is 7.28. The largest absolute Gasteiger partial charge is 0.294 e. The molecular formula is C31H44O. The number of hydrogen-bond acceptors (Lipinski definition) is 1. The zero-order chi connectivity index (χ0) is 22.9. The normalized spacial score (nSPS) is 21.6. The first-order valence-electron chi connectivity index (χ1n) is 13.1. The lowest BCUT2D eigenvalue weighted by Crippen LogP contribution is -2.26. The highest BCUT2D eigenvalue weighted by Crippen LogP contribution is 2.42. The van der Waals surface area contributed by atoms with Crippen LogP contribution in [-0.4, -0.2) is 5.78 Å². The highest BCUT2D eigenvalue weighted by Gasteiger charge is 2.35. The van der Waals surface area contributed by atoms with E-state index in [9.17, 15) is 4.79 Å². The van der Waals surface area contributed by atoms with E-state index in [1.165, 1.54) is 72.8 Å². The molecule has 32 heavy (non-hydrogen) atoms. The second-order valence-electron chi connectivity index (χ2n) is 9.49. The van der Waals surface area contributed by atoms with E-state index in [2.05, 4.69) is 56.3 Å². The number of unbranched alkanes of at least 4 members (excludes halogenated alkanes) is 1. The van der Waals surface area contributed by atoms with Crippen molar-refractivity contribution in [2.45, 2.75) is 91.4 Å². The Morgan fingerprint density at radius 2 is 1.75 bits per heavy atom. The van der Waals surface area contributed by atoms with Gasteiger partial charge in [0, 0.05) is 1.43 Å². The van der Waals surface area contributed by atoms with E-state index >= 15 is 0 Å². The van der Waals surface area contributed by atoms with Gasteiger partial charge in [0.25, 0.3) is 0 Å². The van der Waals surface area contributed by atoms with Crippen molar-refractivity contribution in [2.24, 2.45) is 11.8 Å². The minimum Gasteiger partial charge on any atom is -0.294 e. The Morgan fingerprint density at radius 1 is 1.03 bits per heavy atom. The van der Waals surface area contributed by atoms with Crippen LogP contribution in [-0.2, 0) is 11.2 Å². The van der Waals surface area contributed by atoms with Crippen molar-refractivity contribution in [3.05, 3.63) is 82.5 Å². The molecular weight excluding hydrogens is 388 g/mol. The Hall–Kier alpha value is -2.15. The number of hydrogen-bond donors (Lipinski definition) is 0. The second-order valence-corrected chi connectivity index (χ2v) is 9.49. The van der Waals surface area contributed by atoms with Gasteiger partial charge < -0.3 is 0 Å². The molecule has 0 heterocycles. The van der Waals surface area contributed by atoms with Gasteiger partial charge in [0.2, 0.25) is 0 Å². The summed E-state index contributed by atoms with van der Waals surface area (Å²) in [6, 6.07) is 9.24. The summed E-state index contributed by atoms with van der Waals surface area (Å²) in [5.41, 5.74) is 6.73. The van der Waals surface area contributed by atoms with Crippen molar-refractivity contribution >= 4 is 5.78 Å². The summed E-state index contributed by atoms with van der Waals surface area (Å²) >= 11 is 0. The summed E-state index contributed by atoms with van der Waals surface area (Å²) in [5.74, 6) is 1.56. The minimum atomic E-state index is 0. The van der Waals surface area contributed by atoms with E-state index in [0.29, 0.717) is 17.6 Å². The number of ketones is 1. The van der Waals surface area contributed by atoms with Crippen LogP contribution < -0.4 is 0 Å². The van der Waals surface area contributed by atoms with Crippen molar-refractivity contribution in [1.29, 1.82) is 0 Å². The van der Waals surface area contributed by atoms with Gasteiger partial charge in [-0.25, -0.2) is 0 Å². The summed E-state index contributed by atoms with van der Waals surface area (Å²) in [7, 11) is 0. The summed E-state index contributed by atoms with van der Waals surface area (Å²) in [6.45, 7) is 8.60. The van der Waals surface area contributed by atoms with Gasteiger partial charge in [0.05, 0.1) is 5.92 Å². The molecule has 1 aromatic rings. The molecule has 0 aliphatic heterocycles. The van der Waals surface area contributed by atoms with Crippen LogP contribution >= 0.6 is 0 Å². The quantitative estimate of drug-likeness (QED) is 0.420. The van der Waals surface area contributed by atoms with E-state index in [1.54, 1.807) is 0 Å². The summed E-state index contributed by atoms with van der Waals surface area (Å²) in [4.78, 5) is 12.8. The first-order chi connectivity index (χ1) is 15.7. The number of fused-ring (bicyclic) bond motifs is 1. The molecule has 0 N–H and O–H groups in total. The molecule has 0 amide bonds. The average Bonchev–Trinajstić information content (AvgIpc) is 3.27. The molecule has 3 aliphatic rings. The van der Waals surface area contributed by atoms with Crippen LogP contribution in [0, 0.1) is 11.8 Å². The molecule has 1 heteroatoms. The molecule has 1 nitrogen and oxygen atoms in total. The minimum absolute atomic E-state index is 0. The third kappa shape index (κ3) is 6.00. The van der Waals surface area contributed by atoms with Crippen LogP contribution in [0.1, 0.15) is 97.5 Å². The van der Waals surface area contributed by atoms with Gasteiger partial charge >= 0.3 is 0 Å². The molecule has 0 spiro atoms. The lowest BCUT2D eigenvalue weighted by Gasteiger charge is -2.28. The monoisotopic (exact) mass is 432 g/mol. The first kappa shape index (κ1) is 24.5. The third-order valence-electron chi connectivity index (χ3n) is 7.28. The van der Waals surface area contributed by atoms with Gasteiger partial charge in [-0.3, -0.25) is 4.79 Å². The first-order valence-corrected chi connectivity index (χ1v) is 13.1. The van der Waals surface area contributed by atoms with Gasteiger partial charge in [-0.1, -0.05) is 102 Å². The Bertz CT molecular complexity index is 878. The van der Waals surface area contributed by atoms with Crippen molar-refractivity contribution in [1.82, 2.24) is 0 Å². The Kier molecular flexibility index (Phi) is 9.33. The zero-order valence-electron chi connectivity index (χ0n) is 20.7. The fourth-order valence-electron chi connectivity index (χ4n) is 5.44. The standard InChI is InChI=1S/C29H36O.C2H6.H2/c1-3-4-8-21(2)24-15-13-22(14-16-24)19-23-9-7-12-25-17-18-28(30)29(27(25)20-23)26-10-5-6-11-26;1-2;/h9,12-18,20-21,26,29H,3-8,10-11,19H2,1-2H3;1-2H3;1H. The number of rotatable bonds is 7. The molecule has 174 valence electrons. The fourth-order valence-corrected chi connectivity index (χ4v) is 5.44. The molecule has 3 aliphatic carbocycles. The maximum absolute atomic E-state index is 12.8. The van der Waals surface area contributed by atoms with Crippen LogP contribution in [0.3, 0.4) is 0 Å². The second kappa shape index (κ2) is 12.2. The molecule has 1 aromatic carbocycles. The maximum Gasteiger partial charge on any atom is 0.163 e. The smallest absolute Gasteiger partial charge is 0.163 e. The van der Waals surface area contributed by atoms with Crippen LogP contribution in [0.2, 0.25) is 0 Å². The van der Waals surface area contributed by atoms with E-state index in [-0.39, 0.29) is 7.34 Å². The Labute approximate surface area is 197 Å². The van der Waals surface area contributed by atoms with Crippen LogP contribution in [0.15, 0.2) is 71.4 Å². The van der Waals surface area contributed by atoms with Gasteiger partial charge in [-0.2, -0.15) is 0 Å². The van der Waals surface area contributed by atoms with E-state index in [4.69, 9.17) is 0 Å². The molecule has 1 fully saturated rings. The maximum atomic E-state index is 12.8. The highest BCUT2D eigenvalue weighted by atomic mass is 16.1. The van der Waals surface area contributed by atoms with Gasteiger partial charge in [0.1, 0.15) is 0 Å². The number of benzene rings is 1. The predicted molar refractivity (Wildman–Crippen MR) is 140 cm³/mol. The molecule has 0 bridgehead atoms.